The van der Waals surface area contributed by atoms with Gasteiger partial charge in [0.05, 0.1) is 18.9 Å². The van der Waals surface area contributed by atoms with Gasteiger partial charge >= 0.3 is 0 Å². The average Bonchev–Trinajstić information content (AvgIpc) is 3.13. The minimum absolute atomic E-state index is 0.0516. The fourth-order valence-corrected chi connectivity index (χ4v) is 3.94. The molecule has 2 heterocycles. The van der Waals surface area contributed by atoms with Crippen molar-refractivity contribution in [3.05, 3.63) is 30.3 Å². The van der Waals surface area contributed by atoms with Gasteiger partial charge in [-0.2, -0.15) is 0 Å². The predicted octanol–water partition coefficient (Wildman–Crippen LogP) is 1.37. The molecule has 8 nitrogen and oxygen atoms in total. The second-order valence-electron chi connectivity index (χ2n) is 6.49. The Morgan fingerprint density at radius 2 is 1.75 bits per heavy atom. The maximum atomic E-state index is 12.6. The summed E-state index contributed by atoms with van der Waals surface area (Å²) < 4.78 is 7.21. The number of rotatable bonds is 7. The Morgan fingerprint density at radius 1 is 1.07 bits per heavy atom. The van der Waals surface area contributed by atoms with Crippen LogP contribution in [0.2, 0.25) is 0 Å². The number of thioether (sulfide) groups is 1. The molecule has 1 fully saturated rings. The zero-order chi connectivity index (χ0) is 19.9. The summed E-state index contributed by atoms with van der Waals surface area (Å²) in [7, 11) is 1.66. The van der Waals surface area contributed by atoms with Gasteiger partial charge in [-0.05, 0) is 0 Å². The van der Waals surface area contributed by atoms with E-state index in [1.807, 2.05) is 34.9 Å². The quantitative estimate of drug-likeness (QED) is 0.650. The molecule has 0 bridgehead atoms. The fourth-order valence-electron chi connectivity index (χ4n) is 3.07. The Labute approximate surface area is 168 Å². The molecule has 0 spiro atoms. The number of piperazine rings is 1. The molecule has 2 amide bonds. The highest BCUT2D eigenvalue weighted by Gasteiger charge is 2.23. The Hall–Kier alpha value is -2.39. The number of ether oxygens (including phenoxy) is 1. The van der Waals surface area contributed by atoms with E-state index in [4.69, 9.17) is 4.74 Å². The molecule has 0 atom stereocenters. The third-order valence-corrected chi connectivity index (χ3v) is 5.62. The van der Waals surface area contributed by atoms with E-state index in [2.05, 4.69) is 10.2 Å². The minimum Gasteiger partial charge on any atom is -0.383 e. The van der Waals surface area contributed by atoms with Crippen LogP contribution in [-0.4, -0.2) is 82.0 Å². The van der Waals surface area contributed by atoms with Crippen LogP contribution >= 0.6 is 11.8 Å². The van der Waals surface area contributed by atoms with Crippen molar-refractivity contribution in [1.29, 1.82) is 0 Å². The summed E-state index contributed by atoms with van der Waals surface area (Å²) in [4.78, 5) is 27.6. The topological polar surface area (TPSA) is 80.6 Å². The van der Waals surface area contributed by atoms with Crippen molar-refractivity contribution in [2.24, 2.45) is 0 Å². The van der Waals surface area contributed by atoms with Gasteiger partial charge in [0.25, 0.3) is 0 Å². The lowest BCUT2D eigenvalue weighted by molar-refractivity contribution is -0.136. The van der Waals surface area contributed by atoms with Gasteiger partial charge in [-0.1, -0.05) is 42.1 Å². The number of carbonyl (C=O) groups excluding carboxylic acids is 2. The normalized spacial score (nSPS) is 14.4. The molecule has 0 N–H and O–H groups in total. The monoisotopic (exact) mass is 403 g/mol. The number of nitrogens with zero attached hydrogens (tertiary/aromatic N) is 5. The second kappa shape index (κ2) is 9.70. The summed E-state index contributed by atoms with van der Waals surface area (Å²) in [6, 6.07) is 9.85. The van der Waals surface area contributed by atoms with Crippen molar-refractivity contribution in [2.45, 2.75) is 18.6 Å². The van der Waals surface area contributed by atoms with Crippen LogP contribution in [0.5, 0.6) is 0 Å². The first-order chi connectivity index (χ1) is 13.6. The predicted molar refractivity (Wildman–Crippen MR) is 107 cm³/mol. The van der Waals surface area contributed by atoms with Crippen LogP contribution in [-0.2, 0) is 20.9 Å². The molecule has 2 aromatic rings. The Kier molecular flexibility index (Phi) is 7.05. The third kappa shape index (κ3) is 4.90. The van der Waals surface area contributed by atoms with Crippen LogP contribution in [0.15, 0.2) is 35.5 Å². The Balaban J connectivity index is 1.64. The molecule has 1 saturated heterocycles. The molecule has 1 aliphatic rings. The van der Waals surface area contributed by atoms with Crippen LogP contribution in [0.3, 0.4) is 0 Å². The van der Waals surface area contributed by atoms with Crippen LogP contribution < -0.4 is 0 Å². The Morgan fingerprint density at radius 3 is 2.39 bits per heavy atom. The number of benzene rings is 1. The number of hydrogen-bond donors (Lipinski definition) is 0. The first kappa shape index (κ1) is 20.3. The van der Waals surface area contributed by atoms with Crippen molar-refractivity contribution in [2.75, 3.05) is 45.6 Å². The Bertz CT molecular complexity index is 803. The summed E-state index contributed by atoms with van der Waals surface area (Å²) in [5, 5.41) is 9.32. The lowest BCUT2D eigenvalue weighted by Gasteiger charge is -2.34. The van der Waals surface area contributed by atoms with Gasteiger partial charge < -0.3 is 14.5 Å². The van der Waals surface area contributed by atoms with Crippen LogP contribution in [0.25, 0.3) is 11.4 Å². The van der Waals surface area contributed by atoms with Gasteiger partial charge in [-0.3, -0.25) is 14.2 Å². The summed E-state index contributed by atoms with van der Waals surface area (Å²) >= 11 is 1.38. The van der Waals surface area contributed by atoms with E-state index >= 15 is 0 Å². The summed E-state index contributed by atoms with van der Waals surface area (Å²) in [6.45, 7) is 5.04. The number of amides is 2. The van der Waals surface area contributed by atoms with Crippen LogP contribution in [0, 0.1) is 0 Å². The molecular formula is C19H25N5O3S. The van der Waals surface area contributed by atoms with Crippen molar-refractivity contribution in [3.8, 4) is 11.4 Å². The van der Waals surface area contributed by atoms with Crippen molar-refractivity contribution < 1.29 is 14.3 Å². The van der Waals surface area contributed by atoms with E-state index in [9.17, 15) is 9.59 Å². The molecule has 0 radical (unpaired) electrons. The highest BCUT2D eigenvalue weighted by molar-refractivity contribution is 7.99. The number of carbonyl (C=O) groups is 2. The molecule has 3 rings (SSSR count). The van der Waals surface area contributed by atoms with E-state index in [1.165, 1.54) is 11.8 Å². The maximum Gasteiger partial charge on any atom is 0.233 e. The SMILES string of the molecule is COCCn1c(SCC(=O)N2CCN(C(C)=O)CC2)nnc1-c1ccccc1. The average molecular weight is 404 g/mol. The lowest BCUT2D eigenvalue weighted by Crippen LogP contribution is -2.50. The number of hydrogen-bond acceptors (Lipinski definition) is 6. The van der Waals surface area contributed by atoms with E-state index in [-0.39, 0.29) is 11.8 Å². The van der Waals surface area contributed by atoms with Gasteiger partial charge in [-0.25, -0.2) is 0 Å². The zero-order valence-electron chi connectivity index (χ0n) is 16.2. The van der Waals surface area contributed by atoms with Crippen molar-refractivity contribution in [1.82, 2.24) is 24.6 Å². The second-order valence-corrected chi connectivity index (χ2v) is 7.43. The third-order valence-electron chi connectivity index (χ3n) is 4.67. The zero-order valence-corrected chi connectivity index (χ0v) is 17.0. The lowest BCUT2D eigenvalue weighted by atomic mass is 10.2. The largest absolute Gasteiger partial charge is 0.383 e. The van der Waals surface area contributed by atoms with Crippen molar-refractivity contribution >= 4 is 23.6 Å². The first-order valence-electron chi connectivity index (χ1n) is 9.23. The van der Waals surface area contributed by atoms with E-state index in [0.29, 0.717) is 50.2 Å². The smallest absolute Gasteiger partial charge is 0.233 e. The summed E-state index contributed by atoms with van der Waals surface area (Å²) in [6.07, 6.45) is 0. The van der Waals surface area contributed by atoms with Gasteiger partial charge in [0.2, 0.25) is 11.8 Å². The van der Waals surface area contributed by atoms with Crippen LogP contribution in [0.1, 0.15) is 6.92 Å². The van der Waals surface area contributed by atoms with E-state index in [0.717, 1.165) is 11.4 Å². The minimum atomic E-state index is 0.0516. The van der Waals surface area contributed by atoms with Gasteiger partial charge in [-0.15, -0.1) is 10.2 Å². The van der Waals surface area contributed by atoms with Gasteiger partial charge in [0, 0.05) is 45.8 Å². The molecule has 0 aliphatic carbocycles. The molecule has 1 aliphatic heterocycles. The fraction of sp³-hybridized carbons (Fsp3) is 0.474. The number of aromatic nitrogens is 3. The van der Waals surface area contributed by atoms with Gasteiger partial charge in [0.1, 0.15) is 0 Å². The molecule has 1 aromatic heterocycles. The molecule has 1 aromatic carbocycles. The highest BCUT2D eigenvalue weighted by Crippen LogP contribution is 2.24. The molecular weight excluding hydrogens is 378 g/mol. The first-order valence-corrected chi connectivity index (χ1v) is 10.2. The van der Waals surface area contributed by atoms with Gasteiger partial charge in [0.15, 0.2) is 11.0 Å². The van der Waals surface area contributed by atoms with E-state index < -0.39 is 0 Å². The summed E-state index contributed by atoms with van der Waals surface area (Å²) in [5.74, 6) is 1.17. The standard InChI is InChI=1S/C19H25N5O3S/c1-15(25)22-8-10-23(11-9-22)17(26)14-28-19-21-20-18(24(19)12-13-27-2)16-6-4-3-5-7-16/h3-7H,8-14H2,1-2H3. The highest BCUT2D eigenvalue weighted by atomic mass is 32.2. The maximum absolute atomic E-state index is 12.6. The van der Waals surface area contributed by atoms with Crippen LogP contribution in [0.4, 0.5) is 0 Å². The van der Waals surface area contributed by atoms with E-state index in [1.54, 1.807) is 23.8 Å². The molecule has 150 valence electrons. The molecule has 9 heteroatoms. The molecule has 0 unspecified atom stereocenters. The summed E-state index contributed by atoms with van der Waals surface area (Å²) in [5.41, 5.74) is 0.977. The molecule has 28 heavy (non-hydrogen) atoms. The van der Waals surface area contributed by atoms with Crippen molar-refractivity contribution in [3.63, 3.8) is 0 Å². The molecule has 0 saturated carbocycles. The number of methoxy groups -OCH3 is 1.